The van der Waals surface area contributed by atoms with E-state index in [0.717, 1.165) is 24.9 Å². The molecule has 2 nitrogen and oxygen atoms in total. The van der Waals surface area contributed by atoms with Gasteiger partial charge in [-0.2, -0.15) is 0 Å². The minimum atomic E-state index is 0.787. The van der Waals surface area contributed by atoms with Gasteiger partial charge < -0.3 is 11.5 Å². The fraction of sp³-hybridized carbons (Fsp3) is 1.00. The van der Waals surface area contributed by atoms with Crippen LogP contribution in [0.15, 0.2) is 0 Å². The summed E-state index contributed by atoms with van der Waals surface area (Å²) >= 11 is 0. The highest BCUT2D eigenvalue weighted by atomic mass is 14.5. The first kappa shape index (κ1) is 13.9. The molecule has 14 heavy (non-hydrogen) atoms. The minimum Gasteiger partial charge on any atom is -0.330 e. The standard InChI is InChI=1S/C12H28N2/c1-11(12(2)8-10-14)7-5-3-4-6-9-13/h11-12H,3-10,13-14H2,1-2H3. The molecule has 0 aliphatic heterocycles. The van der Waals surface area contributed by atoms with E-state index in [-0.39, 0.29) is 0 Å². The van der Waals surface area contributed by atoms with Gasteiger partial charge in [0.2, 0.25) is 0 Å². The lowest BCUT2D eigenvalue weighted by Gasteiger charge is -2.18. The van der Waals surface area contributed by atoms with Gasteiger partial charge in [-0.25, -0.2) is 0 Å². The number of rotatable bonds is 9. The topological polar surface area (TPSA) is 52.0 Å². The summed E-state index contributed by atoms with van der Waals surface area (Å²) in [5, 5.41) is 0. The second kappa shape index (κ2) is 9.47. The quantitative estimate of drug-likeness (QED) is 0.562. The van der Waals surface area contributed by atoms with Gasteiger partial charge in [0, 0.05) is 0 Å². The molecular formula is C12H28N2. The first-order valence-corrected chi connectivity index (χ1v) is 6.12. The molecule has 2 heteroatoms. The Labute approximate surface area is 89.4 Å². The molecule has 0 saturated heterocycles. The zero-order chi connectivity index (χ0) is 10.8. The van der Waals surface area contributed by atoms with E-state index in [9.17, 15) is 0 Å². The van der Waals surface area contributed by atoms with Crippen LogP contribution < -0.4 is 11.5 Å². The van der Waals surface area contributed by atoms with Gasteiger partial charge in [0.1, 0.15) is 0 Å². The van der Waals surface area contributed by atoms with Gasteiger partial charge in [-0.15, -0.1) is 0 Å². The van der Waals surface area contributed by atoms with Crippen LogP contribution in [0.4, 0.5) is 0 Å². The molecule has 0 aromatic heterocycles. The number of hydrogen-bond acceptors (Lipinski definition) is 2. The summed E-state index contributed by atoms with van der Waals surface area (Å²) in [6.07, 6.45) is 7.71. The zero-order valence-corrected chi connectivity index (χ0v) is 9.97. The van der Waals surface area contributed by atoms with E-state index in [1.54, 1.807) is 0 Å². The van der Waals surface area contributed by atoms with Gasteiger partial charge in [0.05, 0.1) is 0 Å². The Hall–Kier alpha value is -0.0800. The van der Waals surface area contributed by atoms with Gasteiger partial charge in [0.25, 0.3) is 0 Å². The largest absolute Gasteiger partial charge is 0.330 e. The first-order chi connectivity index (χ1) is 6.72. The Morgan fingerprint density at radius 1 is 0.714 bits per heavy atom. The molecule has 86 valence electrons. The molecular weight excluding hydrogens is 172 g/mol. The van der Waals surface area contributed by atoms with Crippen LogP contribution in [0, 0.1) is 11.8 Å². The lowest BCUT2D eigenvalue weighted by atomic mass is 9.88. The van der Waals surface area contributed by atoms with Crippen molar-refractivity contribution in [2.45, 2.75) is 52.4 Å². The van der Waals surface area contributed by atoms with E-state index in [2.05, 4.69) is 13.8 Å². The Kier molecular flexibility index (Phi) is 9.42. The van der Waals surface area contributed by atoms with E-state index in [0.29, 0.717) is 0 Å². The minimum absolute atomic E-state index is 0.787. The van der Waals surface area contributed by atoms with Crippen molar-refractivity contribution in [3.05, 3.63) is 0 Å². The third-order valence-corrected chi connectivity index (χ3v) is 3.21. The van der Waals surface area contributed by atoms with E-state index < -0.39 is 0 Å². The molecule has 0 amide bonds. The maximum absolute atomic E-state index is 5.55. The first-order valence-electron chi connectivity index (χ1n) is 6.12. The molecule has 0 spiro atoms. The summed E-state index contributed by atoms with van der Waals surface area (Å²) in [7, 11) is 0. The predicted molar refractivity (Wildman–Crippen MR) is 64.1 cm³/mol. The molecule has 0 saturated carbocycles. The predicted octanol–water partition coefficient (Wildman–Crippen LogP) is 2.52. The highest BCUT2D eigenvalue weighted by molar-refractivity contribution is 4.62. The summed E-state index contributed by atoms with van der Waals surface area (Å²) < 4.78 is 0. The highest BCUT2D eigenvalue weighted by Gasteiger charge is 2.10. The molecule has 0 rings (SSSR count). The SMILES string of the molecule is CC(CCN)C(C)CCCCCCN. The van der Waals surface area contributed by atoms with E-state index in [1.165, 1.54) is 38.5 Å². The molecule has 0 aromatic carbocycles. The van der Waals surface area contributed by atoms with Crippen LogP contribution >= 0.6 is 0 Å². The van der Waals surface area contributed by atoms with Gasteiger partial charge in [-0.3, -0.25) is 0 Å². The van der Waals surface area contributed by atoms with E-state index in [4.69, 9.17) is 11.5 Å². The molecule has 0 fully saturated rings. The van der Waals surface area contributed by atoms with Crippen LogP contribution in [0.2, 0.25) is 0 Å². The zero-order valence-electron chi connectivity index (χ0n) is 9.97. The Morgan fingerprint density at radius 3 is 1.86 bits per heavy atom. The molecule has 0 heterocycles. The lowest BCUT2D eigenvalue weighted by Crippen LogP contribution is -2.13. The van der Waals surface area contributed by atoms with Gasteiger partial charge >= 0.3 is 0 Å². The molecule has 0 radical (unpaired) electrons. The van der Waals surface area contributed by atoms with Crippen LogP contribution in [-0.4, -0.2) is 13.1 Å². The maximum Gasteiger partial charge on any atom is -0.00746 e. The van der Waals surface area contributed by atoms with Crippen molar-refractivity contribution in [2.24, 2.45) is 23.3 Å². The van der Waals surface area contributed by atoms with Crippen molar-refractivity contribution >= 4 is 0 Å². The van der Waals surface area contributed by atoms with Crippen molar-refractivity contribution in [3.8, 4) is 0 Å². The van der Waals surface area contributed by atoms with Crippen molar-refractivity contribution in [2.75, 3.05) is 13.1 Å². The van der Waals surface area contributed by atoms with Crippen molar-refractivity contribution in [3.63, 3.8) is 0 Å². The number of hydrogen-bond donors (Lipinski definition) is 2. The van der Waals surface area contributed by atoms with E-state index >= 15 is 0 Å². The van der Waals surface area contributed by atoms with Crippen molar-refractivity contribution in [1.29, 1.82) is 0 Å². The van der Waals surface area contributed by atoms with Crippen LogP contribution in [-0.2, 0) is 0 Å². The summed E-state index contributed by atoms with van der Waals surface area (Å²) in [4.78, 5) is 0. The second-order valence-corrected chi connectivity index (χ2v) is 4.52. The monoisotopic (exact) mass is 200 g/mol. The summed E-state index contributed by atoms with van der Waals surface area (Å²) in [6.45, 7) is 6.35. The van der Waals surface area contributed by atoms with Gasteiger partial charge in [-0.1, -0.05) is 39.5 Å². The molecule has 4 N–H and O–H groups in total. The van der Waals surface area contributed by atoms with Gasteiger partial charge in [0.15, 0.2) is 0 Å². The number of nitrogens with two attached hydrogens (primary N) is 2. The second-order valence-electron chi connectivity index (χ2n) is 4.52. The Morgan fingerprint density at radius 2 is 1.29 bits per heavy atom. The smallest absolute Gasteiger partial charge is 0.00746 e. The molecule has 0 aliphatic rings. The van der Waals surface area contributed by atoms with Crippen molar-refractivity contribution < 1.29 is 0 Å². The normalized spacial score (nSPS) is 15.4. The summed E-state index contributed by atoms with van der Waals surface area (Å²) in [5.41, 5.74) is 11.0. The van der Waals surface area contributed by atoms with Crippen LogP contribution in [0.5, 0.6) is 0 Å². The maximum atomic E-state index is 5.55. The van der Waals surface area contributed by atoms with Gasteiger partial charge in [-0.05, 0) is 37.8 Å². The lowest BCUT2D eigenvalue weighted by molar-refractivity contribution is 0.336. The fourth-order valence-electron chi connectivity index (χ4n) is 1.80. The molecule has 0 aromatic rings. The summed E-state index contributed by atoms with van der Waals surface area (Å²) in [6, 6.07) is 0. The molecule has 2 atom stereocenters. The molecule has 0 aliphatic carbocycles. The van der Waals surface area contributed by atoms with Crippen LogP contribution in [0.25, 0.3) is 0 Å². The number of unbranched alkanes of at least 4 members (excludes halogenated alkanes) is 3. The van der Waals surface area contributed by atoms with Crippen LogP contribution in [0.1, 0.15) is 52.4 Å². The average Bonchev–Trinajstić information content (AvgIpc) is 2.17. The van der Waals surface area contributed by atoms with E-state index in [1.807, 2.05) is 0 Å². The summed E-state index contributed by atoms with van der Waals surface area (Å²) in [5.74, 6) is 1.62. The molecule has 2 unspecified atom stereocenters. The third-order valence-electron chi connectivity index (χ3n) is 3.21. The average molecular weight is 200 g/mol. The fourth-order valence-corrected chi connectivity index (χ4v) is 1.80. The molecule has 0 bridgehead atoms. The Bertz CT molecular complexity index is 115. The Balaban J connectivity index is 3.29. The van der Waals surface area contributed by atoms with Crippen molar-refractivity contribution in [1.82, 2.24) is 0 Å². The highest BCUT2D eigenvalue weighted by Crippen LogP contribution is 2.20. The van der Waals surface area contributed by atoms with Crippen LogP contribution in [0.3, 0.4) is 0 Å². The third kappa shape index (κ3) is 7.34.